The molecule has 0 saturated carbocycles. The van der Waals surface area contributed by atoms with Gasteiger partial charge in [-0.2, -0.15) is 0 Å². The van der Waals surface area contributed by atoms with Gasteiger partial charge in [0.15, 0.2) is 5.60 Å². The molecule has 4 heteroatoms. The molecule has 0 atom stereocenters. The molecule has 0 N–H and O–H groups in total. The van der Waals surface area contributed by atoms with E-state index in [0.29, 0.717) is 17.0 Å². The Morgan fingerprint density at radius 2 is 1.75 bits per heavy atom. The number of ether oxygens (including phenoxy) is 1. The molecule has 20 heavy (non-hydrogen) atoms. The fraction of sp³-hybridized carbons (Fsp3) is 0.188. The Morgan fingerprint density at radius 1 is 1.00 bits per heavy atom. The zero-order chi connectivity index (χ0) is 14.0. The van der Waals surface area contributed by atoms with Gasteiger partial charge in [0.05, 0.1) is 5.69 Å². The van der Waals surface area contributed by atoms with Crippen LogP contribution in [-0.2, 0) is 0 Å². The second-order valence-corrected chi connectivity index (χ2v) is 4.70. The van der Waals surface area contributed by atoms with Crippen LogP contribution in [0.4, 0.5) is 8.78 Å². The van der Waals surface area contributed by atoms with Crippen LogP contribution in [0.2, 0.25) is 0 Å². The quantitative estimate of drug-likeness (QED) is 0.852. The van der Waals surface area contributed by atoms with Crippen LogP contribution in [0.25, 0.3) is 5.57 Å². The van der Waals surface area contributed by atoms with E-state index in [2.05, 4.69) is 4.98 Å². The summed E-state index contributed by atoms with van der Waals surface area (Å²) in [5, 5.41) is 0. The van der Waals surface area contributed by atoms with Crippen LogP contribution < -0.4 is 4.74 Å². The second-order valence-electron chi connectivity index (χ2n) is 4.70. The van der Waals surface area contributed by atoms with E-state index < -0.39 is 19.0 Å². The summed E-state index contributed by atoms with van der Waals surface area (Å²) in [5.41, 5.74) is 0.613. The van der Waals surface area contributed by atoms with Gasteiger partial charge in [-0.15, -0.1) is 0 Å². The molecule has 1 aliphatic heterocycles. The smallest absolute Gasteiger partial charge is 0.184 e. The summed E-state index contributed by atoms with van der Waals surface area (Å²) >= 11 is 0. The predicted molar refractivity (Wildman–Crippen MR) is 73.1 cm³/mol. The van der Waals surface area contributed by atoms with Gasteiger partial charge in [0, 0.05) is 17.3 Å². The molecule has 2 heterocycles. The van der Waals surface area contributed by atoms with E-state index in [4.69, 9.17) is 4.74 Å². The van der Waals surface area contributed by atoms with Gasteiger partial charge in [0.25, 0.3) is 0 Å². The first-order chi connectivity index (χ1) is 9.78. The summed E-state index contributed by atoms with van der Waals surface area (Å²) < 4.78 is 32.1. The summed E-state index contributed by atoms with van der Waals surface area (Å²) in [6.07, 6.45) is 3.15. The maximum Gasteiger partial charge on any atom is 0.184 e. The Bertz CT molecular complexity index is 636. The SMILES string of the molecule is FCC1(CF)C=C(c2ccccn2)c2ccccc2O1. The van der Waals surface area contributed by atoms with Crippen molar-refractivity contribution >= 4 is 5.57 Å². The number of pyridine rings is 1. The lowest BCUT2D eigenvalue weighted by Gasteiger charge is -2.32. The normalized spacial score (nSPS) is 16.0. The Labute approximate surface area is 115 Å². The number of benzene rings is 1. The molecule has 0 unspecified atom stereocenters. The van der Waals surface area contributed by atoms with E-state index in [1.54, 1.807) is 24.4 Å². The minimum absolute atomic E-state index is 0.478. The van der Waals surface area contributed by atoms with Gasteiger partial charge in [-0.1, -0.05) is 24.3 Å². The zero-order valence-corrected chi connectivity index (χ0v) is 10.7. The molecule has 0 amide bonds. The average Bonchev–Trinajstić information content (AvgIpc) is 2.54. The van der Waals surface area contributed by atoms with Crippen molar-refractivity contribution < 1.29 is 13.5 Å². The highest BCUT2D eigenvalue weighted by Gasteiger charge is 2.36. The molecule has 0 saturated heterocycles. The van der Waals surface area contributed by atoms with Crippen LogP contribution in [0.3, 0.4) is 0 Å². The average molecular weight is 273 g/mol. The summed E-state index contributed by atoms with van der Waals surface area (Å²) in [4.78, 5) is 4.27. The maximum atomic E-state index is 13.3. The lowest BCUT2D eigenvalue weighted by atomic mass is 9.91. The molecule has 1 aromatic carbocycles. The molecule has 0 radical (unpaired) electrons. The lowest BCUT2D eigenvalue weighted by Crippen LogP contribution is -2.41. The molecule has 0 bridgehead atoms. The standard InChI is InChI=1S/C16H13F2NO/c17-10-16(11-18)9-13(14-6-3-4-8-19-14)12-5-1-2-7-15(12)20-16/h1-9H,10-11H2. The van der Waals surface area contributed by atoms with Crippen LogP contribution in [0.5, 0.6) is 5.75 Å². The van der Waals surface area contributed by atoms with Gasteiger partial charge in [0.1, 0.15) is 19.1 Å². The van der Waals surface area contributed by atoms with Crippen molar-refractivity contribution in [3.05, 3.63) is 66.0 Å². The molecule has 0 fully saturated rings. The lowest BCUT2D eigenvalue weighted by molar-refractivity contribution is 0.0593. The number of alkyl halides is 2. The van der Waals surface area contributed by atoms with E-state index in [1.165, 1.54) is 6.08 Å². The Balaban J connectivity index is 2.19. The molecule has 1 aliphatic rings. The van der Waals surface area contributed by atoms with E-state index in [-0.39, 0.29) is 0 Å². The summed E-state index contributed by atoms with van der Waals surface area (Å²) in [7, 11) is 0. The highest BCUT2D eigenvalue weighted by atomic mass is 19.1. The first-order valence-corrected chi connectivity index (χ1v) is 6.33. The van der Waals surface area contributed by atoms with Crippen molar-refractivity contribution in [2.45, 2.75) is 5.60 Å². The highest BCUT2D eigenvalue weighted by molar-refractivity contribution is 5.83. The zero-order valence-electron chi connectivity index (χ0n) is 10.7. The van der Waals surface area contributed by atoms with Crippen LogP contribution in [0.15, 0.2) is 54.7 Å². The first-order valence-electron chi connectivity index (χ1n) is 6.33. The Hall–Kier alpha value is -2.23. The first kappa shape index (κ1) is 12.8. The van der Waals surface area contributed by atoms with Crippen molar-refractivity contribution in [2.24, 2.45) is 0 Å². The minimum Gasteiger partial charge on any atom is -0.477 e. The molecule has 102 valence electrons. The molecule has 2 aromatic rings. The molecule has 3 rings (SSSR count). The third-order valence-corrected chi connectivity index (χ3v) is 3.29. The second kappa shape index (κ2) is 5.04. The Kier molecular flexibility index (Phi) is 3.22. The number of hydrogen-bond acceptors (Lipinski definition) is 2. The van der Waals surface area contributed by atoms with Gasteiger partial charge >= 0.3 is 0 Å². The Morgan fingerprint density at radius 3 is 2.45 bits per heavy atom. The third-order valence-electron chi connectivity index (χ3n) is 3.29. The number of nitrogens with zero attached hydrogens (tertiary/aromatic N) is 1. The van der Waals surface area contributed by atoms with Crippen LogP contribution in [-0.4, -0.2) is 23.9 Å². The van der Waals surface area contributed by atoms with Gasteiger partial charge in [-0.05, 0) is 24.3 Å². The summed E-state index contributed by atoms with van der Waals surface area (Å²) in [6.45, 7) is -1.84. The van der Waals surface area contributed by atoms with E-state index in [9.17, 15) is 8.78 Å². The third kappa shape index (κ3) is 2.07. The van der Waals surface area contributed by atoms with Gasteiger partial charge in [-0.25, -0.2) is 8.78 Å². The monoisotopic (exact) mass is 273 g/mol. The molecule has 2 nitrogen and oxygen atoms in total. The molecule has 0 spiro atoms. The van der Waals surface area contributed by atoms with Gasteiger partial charge in [0.2, 0.25) is 0 Å². The summed E-state index contributed by atoms with van der Waals surface area (Å²) in [6, 6.07) is 12.7. The summed E-state index contributed by atoms with van der Waals surface area (Å²) in [5.74, 6) is 0.478. The minimum atomic E-state index is -1.55. The topological polar surface area (TPSA) is 22.1 Å². The van der Waals surface area contributed by atoms with Gasteiger partial charge < -0.3 is 4.74 Å². The fourth-order valence-corrected chi connectivity index (χ4v) is 2.27. The number of hydrogen-bond donors (Lipinski definition) is 0. The van der Waals surface area contributed by atoms with Crippen molar-refractivity contribution in [3.8, 4) is 5.75 Å². The number of fused-ring (bicyclic) bond motifs is 1. The van der Waals surface area contributed by atoms with Crippen molar-refractivity contribution in [1.82, 2.24) is 4.98 Å². The molecular formula is C16H13F2NO. The van der Waals surface area contributed by atoms with Crippen LogP contribution in [0.1, 0.15) is 11.3 Å². The van der Waals surface area contributed by atoms with Crippen molar-refractivity contribution in [3.63, 3.8) is 0 Å². The van der Waals surface area contributed by atoms with Crippen molar-refractivity contribution in [2.75, 3.05) is 13.3 Å². The predicted octanol–water partition coefficient (Wildman–Crippen LogP) is 3.58. The van der Waals surface area contributed by atoms with Crippen molar-refractivity contribution in [1.29, 1.82) is 0 Å². The molecule has 1 aromatic heterocycles. The maximum absolute atomic E-state index is 13.3. The number of halogens is 2. The van der Waals surface area contributed by atoms with Gasteiger partial charge in [-0.3, -0.25) is 4.98 Å². The number of rotatable bonds is 3. The highest BCUT2D eigenvalue weighted by Crippen LogP contribution is 2.39. The van der Waals surface area contributed by atoms with E-state index >= 15 is 0 Å². The molecular weight excluding hydrogens is 260 g/mol. The number of aromatic nitrogens is 1. The molecule has 0 aliphatic carbocycles. The van der Waals surface area contributed by atoms with E-state index in [0.717, 1.165) is 5.56 Å². The van der Waals surface area contributed by atoms with Crippen LogP contribution in [0, 0.1) is 0 Å². The number of para-hydroxylation sites is 1. The van der Waals surface area contributed by atoms with E-state index in [1.807, 2.05) is 24.3 Å². The largest absolute Gasteiger partial charge is 0.477 e. The fourth-order valence-electron chi connectivity index (χ4n) is 2.27. The van der Waals surface area contributed by atoms with Crippen LogP contribution >= 0.6 is 0 Å².